The lowest BCUT2D eigenvalue weighted by Crippen LogP contribution is -2.25. The summed E-state index contributed by atoms with van der Waals surface area (Å²) in [5.41, 5.74) is 1.51. The van der Waals surface area contributed by atoms with Crippen LogP contribution in [0.1, 0.15) is 22.3 Å². The Morgan fingerprint density at radius 3 is 2.32 bits per heavy atom. The number of sulfone groups is 1. The molecule has 2 aromatic carbocycles. The first kappa shape index (κ1) is 21.6. The van der Waals surface area contributed by atoms with Gasteiger partial charge in [-0.25, -0.2) is 8.42 Å². The molecule has 2 aromatic rings. The normalized spacial score (nSPS) is 11.0. The van der Waals surface area contributed by atoms with Crippen molar-refractivity contribution >= 4 is 27.3 Å². The first-order chi connectivity index (χ1) is 13.4. The zero-order valence-electron chi connectivity index (χ0n) is 15.7. The number of hydrogen-bond acceptors (Lipinski definition) is 5. The predicted molar refractivity (Wildman–Crippen MR) is 108 cm³/mol. The van der Waals surface area contributed by atoms with Gasteiger partial charge in [0.05, 0.1) is 5.75 Å². The van der Waals surface area contributed by atoms with Crippen molar-refractivity contribution in [3.63, 3.8) is 0 Å². The molecule has 7 nitrogen and oxygen atoms in total. The molecule has 0 radical (unpaired) electrons. The van der Waals surface area contributed by atoms with E-state index in [0.717, 1.165) is 0 Å². The number of nitrogens with one attached hydrogen (secondary N) is 2. The summed E-state index contributed by atoms with van der Waals surface area (Å²) in [5.74, 6) is -1.69. The quantitative estimate of drug-likeness (QED) is 0.590. The van der Waals surface area contributed by atoms with Crippen molar-refractivity contribution in [3.8, 4) is 0 Å². The van der Waals surface area contributed by atoms with E-state index in [4.69, 9.17) is 4.74 Å². The van der Waals surface area contributed by atoms with Crippen LogP contribution in [0.2, 0.25) is 0 Å². The van der Waals surface area contributed by atoms with E-state index in [1.165, 1.54) is 0 Å². The average molecular weight is 404 g/mol. The van der Waals surface area contributed by atoms with E-state index >= 15 is 0 Å². The number of carbonyl (C=O) groups is 2. The molecule has 0 bridgehead atoms. The van der Waals surface area contributed by atoms with E-state index in [1.54, 1.807) is 61.7 Å². The van der Waals surface area contributed by atoms with Gasteiger partial charge in [0, 0.05) is 31.5 Å². The first-order valence-corrected chi connectivity index (χ1v) is 10.6. The van der Waals surface area contributed by atoms with Crippen molar-refractivity contribution in [3.05, 3.63) is 65.7 Å². The highest BCUT2D eigenvalue weighted by atomic mass is 32.2. The Morgan fingerprint density at radius 2 is 1.68 bits per heavy atom. The molecule has 2 N–H and O–H groups in total. The molecule has 2 rings (SSSR count). The van der Waals surface area contributed by atoms with Gasteiger partial charge >= 0.3 is 0 Å². The van der Waals surface area contributed by atoms with E-state index in [9.17, 15) is 18.0 Å². The largest absolute Gasteiger partial charge is 0.385 e. The molecule has 28 heavy (non-hydrogen) atoms. The maximum atomic E-state index is 12.3. The number of anilines is 1. The zero-order valence-corrected chi connectivity index (χ0v) is 16.5. The molecule has 0 saturated carbocycles. The van der Waals surface area contributed by atoms with Crippen molar-refractivity contribution in [2.45, 2.75) is 12.2 Å². The number of hydrogen-bond donors (Lipinski definition) is 2. The number of methoxy groups -OCH3 is 1. The van der Waals surface area contributed by atoms with E-state index in [2.05, 4.69) is 10.6 Å². The molecule has 150 valence electrons. The molecule has 0 atom stereocenters. The van der Waals surface area contributed by atoms with Crippen LogP contribution in [0.25, 0.3) is 0 Å². The second-order valence-corrected chi connectivity index (χ2v) is 8.31. The highest BCUT2D eigenvalue weighted by Crippen LogP contribution is 2.11. The summed E-state index contributed by atoms with van der Waals surface area (Å²) in [6.07, 6.45) is 0.712. The SMILES string of the molecule is COCCCNC(=O)c1ccc(CS(=O)(=O)CC(=O)Nc2ccccc2)cc1. The van der Waals surface area contributed by atoms with Crippen molar-refractivity contribution in [2.24, 2.45) is 0 Å². The lowest BCUT2D eigenvalue weighted by Gasteiger charge is -2.08. The van der Waals surface area contributed by atoms with Crippen LogP contribution in [0.4, 0.5) is 5.69 Å². The number of rotatable bonds is 10. The molecule has 0 aromatic heterocycles. The monoisotopic (exact) mass is 404 g/mol. The minimum atomic E-state index is -3.63. The van der Waals surface area contributed by atoms with Gasteiger partial charge in [0.25, 0.3) is 5.91 Å². The summed E-state index contributed by atoms with van der Waals surface area (Å²) in [7, 11) is -2.04. The van der Waals surface area contributed by atoms with Crippen LogP contribution in [0, 0.1) is 0 Å². The Morgan fingerprint density at radius 1 is 1.00 bits per heavy atom. The highest BCUT2D eigenvalue weighted by molar-refractivity contribution is 7.91. The molecule has 0 saturated heterocycles. The predicted octanol–water partition coefficient (Wildman–Crippen LogP) is 2.01. The van der Waals surface area contributed by atoms with Crippen molar-refractivity contribution in [1.29, 1.82) is 0 Å². The summed E-state index contributed by atoms with van der Waals surface area (Å²) in [6.45, 7) is 1.06. The van der Waals surface area contributed by atoms with Crippen LogP contribution in [0.5, 0.6) is 0 Å². The van der Waals surface area contributed by atoms with Crippen molar-refractivity contribution in [1.82, 2.24) is 5.32 Å². The third kappa shape index (κ3) is 7.50. The minimum absolute atomic E-state index is 0.229. The van der Waals surface area contributed by atoms with Gasteiger partial charge in [0.15, 0.2) is 9.84 Å². The lowest BCUT2D eigenvalue weighted by molar-refractivity contribution is -0.113. The summed E-state index contributed by atoms with van der Waals surface area (Å²) in [6, 6.07) is 15.0. The second-order valence-electron chi connectivity index (χ2n) is 6.25. The van der Waals surface area contributed by atoms with Crippen LogP contribution in [-0.4, -0.2) is 46.2 Å². The van der Waals surface area contributed by atoms with E-state index in [-0.39, 0.29) is 11.7 Å². The molecule has 2 amide bonds. The van der Waals surface area contributed by atoms with Crippen molar-refractivity contribution < 1.29 is 22.7 Å². The smallest absolute Gasteiger partial charge is 0.251 e. The fourth-order valence-electron chi connectivity index (χ4n) is 2.50. The van der Waals surface area contributed by atoms with Gasteiger partial charge < -0.3 is 15.4 Å². The third-order valence-electron chi connectivity index (χ3n) is 3.82. The first-order valence-electron chi connectivity index (χ1n) is 8.81. The lowest BCUT2D eigenvalue weighted by atomic mass is 10.1. The molecule has 0 aliphatic rings. The summed E-state index contributed by atoms with van der Waals surface area (Å²) < 4.78 is 29.5. The molecule has 0 aliphatic carbocycles. The Bertz CT molecular complexity index is 881. The average Bonchev–Trinajstić information content (AvgIpc) is 2.65. The van der Waals surface area contributed by atoms with Crippen LogP contribution in [0.3, 0.4) is 0 Å². The van der Waals surface area contributed by atoms with E-state index < -0.39 is 21.5 Å². The van der Waals surface area contributed by atoms with Crippen LogP contribution < -0.4 is 10.6 Å². The molecule has 0 aliphatic heterocycles. The third-order valence-corrected chi connectivity index (χ3v) is 5.30. The molecule has 0 spiro atoms. The molecule has 0 fully saturated rings. The molecular weight excluding hydrogens is 380 g/mol. The molecule has 0 unspecified atom stereocenters. The van der Waals surface area contributed by atoms with Gasteiger partial charge in [-0.05, 0) is 36.2 Å². The van der Waals surface area contributed by atoms with Gasteiger partial charge in [-0.2, -0.15) is 0 Å². The maximum Gasteiger partial charge on any atom is 0.251 e. The number of para-hydroxylation sites is 1. The number of ether oxygens (including phenoxy) is 1. The van der Waals surface area contributed by atoms with Crippen LogP contribution in [0.15, 0.2) is 54.6 Å². The number of carbonyl (C=O) groups excluding carboxylic acids is 2. The number of amides is 2. The molecular formula is C20H24N2O5S. The van der Waals surface area contributed by atoms with Crippen molar-refractivity contribution in [2.75, 3.05) is 31.3 Å². The maximum absolute atomic E-state index is 12.3. The Balaban J connectivity index is 1.87. The minimum Gasteiger partial charge on any atom is -0.385 e. The Kier molecular flexibility index (Phi) is 8.16. The summed E-state index contributed by atoms with van der Waals surface area (Å²) in [5, 5.41) is 5.32. The van der Waals surface area contributed by atoms with Gasteiger partial charge in [0.1, 0.15) is 5.75 Å². The topological polar surface area (TPSA) is 102 Å². The van der Waals surface area contributed by atoms with Crippen LogP contribution >= 0.6 is 0 Å². The van der Waals surface area contributed by atoms with Crippen LogP contribution in [-0.2, 0) is 25.1 Å². The Labute approximate surface area is 165 Å². The second kappa shape index (κ2) is 10.6. The fraction of sp³-hybridized carbons (Fsp3) is 0.300. The summed E-state index contributed by atoms with van der Waals surface area (Å²) >= 11 is 0. The summed E-state index contributed by atoms with van der Waals surface area (Å²) in [4.78, 5) is 24.0. The van der Waals surface area contributed by atoms with Gasteiger partial charge in [-0.1, -0.05) is 30.3 Å². The Hall–Kier alpha value is -2.71. The van der Waals surface area contributed by atoms with Gasteiger partial charge in [-0.3, -0.25) is 9.59 Å². The highest BCUT2D eigenvalue weighted by Gasteiger charge is 2.18. The van der Waals surface area contributed by atoms with Gasteiger partial charge in [0.2, 0.25) is 5.91 Å². The zero-order chi connectivity index (χ0) is 20.4. The standard InChI is InChI=1S/C20H24N2O5S/c1-27-13-5-12-21-20(24)17-10-8-16(9-11-17)14-28(25,26)15-19(23)22-18-6-3-2-4-7-18/h2-4,6-11H,5,12-15H2,1H3,(H,21,24)(H,22,23). The van der Waals surface area contributed by atoms with Gasteiger partial charge in [-0.15, -0.1) is 0 Å². The van der Waals surface area contributed by atoms with E-state index in [1.807, 2.05) is 0 Å². The fourth-order valence-corrected chi connectivity index (χ4v) is 3.77. The van der Waals surface area contributed by atoms with E-state index in [0.29, 0.717) is 36.4 Å². The number of benzene rings is 2. The molecule has 8 heteroatoms. The molecule has 0 heterocycles.